The van der Waals surface area contributed by atoms with Crippen molar-refractivity contribution in [2.75, 3.05) is 13.1 Å². The molecule has 1 saturated carbocycles. The summed E-state index contributed by atoms with van der Waals surface area (Å²) in [4.78, 5) is 30.1. The van der Waals surface area contributed by atoms with Crippen LogP contribution in [0.5, 0.6) is 0 Å². The van der Waals surface area contributed by atoms with Gasteiger partial charge in [-0.25, -0.2) is 0 Å². The minimum atomic E-state index is -0.00902. The molecule has 2 heterocycles. The van der Waals surface area contributed by atoms with Gasteiger partial charge in [-0.05, 0) is 49.7 Å². The third kappa shape index (κ3) is 4.34. The lowest BCUT2D eigenvalue weighted by Crippen LogP contribution is -2.39. The lowest BCUT2D eigenvalue weighted by Gasteiger charge is -2.32. The van der Waals surface area contributed by atoms with Gasteiger partial charge in [-0.3, -0.25) is 14.6 Å². The molecule has 0 bridgehead atoms. The first-order valence-corrected chi connectivity index (χ1v) is 9.12. The van der Waals surface area contributed by atoms with Crippen molar-refractivity contribution in [3.05, 3.63) is 29.6 Å². The Morgan fingerprint density at radius 3 is 2.75 bits per heavy atom. The third-order valence-electron chi connectivity index (χ3n) is 5.24. The fourth-order valence-electron chi connectivity index (χ4n) is 3.91. The number of aromatic nitrogens is 1. The van der Waals surface area contributed by atoms with E-state index in [9.17, 15) is 9.59 Å². The molecular formula is C19H27N3O2. The van der Waals surface area contributed by atoms with E-state index in [0.717, 1.165) is 50.8 Å². The molecule has 0 radical (unpaired) electrons. The zero-order valence-electron chi connectivity index (χ0n) is 14.5. The van der Waals surface area contributed by atoms with Crippen LogP contribution in [0, 0.1) is 5.92 Å². The second kappa shape index (κ2) is 7.77. The first kappa shape index (κ1) is 16.9. The number of pyridine rings is 1. The number of nitrogens with zero attached hydrogens (tertiary/aromatic N) is 2. The second-order valence-electron chi connectivity index (χ2n) is 7.21. The molecule has 1 unspecified atom stereocenters. The molecule has 0 spiro atoms. The minimum absolute atomic E-state index is 0.00902. The van der Waals surface area contributed by atoms with Gasteiger partial charge in [0.15, 0.2) is 0 Å². The van der Waals surface area contributed by atoms with Gasteiger partial charge >= 0.3 is 0 Å². The van der Waals surface area contributed by atoms with Crippen molar-refractivity contribution in [3.8, 4) is 0 Å². The minimum Gasteiger partial charge on any atom is -0.349 e. The molecular weight excluding hydrogens is 302 g/mol. The van der Waals surface area contributed by atoms with Crippen LogP contribution in [0.25, 0.3) is 0 Å². The molecule has 5 heteroatoms. The van der Waals surface area contributed by atoms with Gasteiger partial charge in [-0.1, -0.05) is 12.8 Å². The highest BCUT2D eigenvalue weighted by Crippen LogP contribution is 2.22. The monoisotopic (exact) mass is 329 g/mol. The van der Waals surface area contributed by atoms with Crippen molar-refractivity contribution in [2.24, 2.45) is 5.92 Å². The van der Waals surface area contributed by atoms with Crippen LogP contribution in [-0.2, 0) is 11.2 Å². The molecule has 1 atom stereocenters. The molecule has 130 valence electrons. The predicted molar refractivity (Wildman–Crippen MR) is 92.6 cm³/mol. The zero-order chi connectivity index (χ0) is 16.9. The van der Waals surface area contributed by atoms with Crippen LogP contribution in [0.1, 0.15) is 61.4 Å². The Morgan fingerprint density at radius 1 is 1.21 bits per heavy atom. The summed E-state index contributed by atoms with van der Waals surface area (Å²) in [6.07, 6.45) is 11.1. The van der Waals surface area contributed by atoms with Crippen LogP contribution in [0.15, 0.2) is 18.5 Å². The average molecular weight is 329 g/mol. The van der Waals surface area contributed by atoms with E-state index < -0.39 is 0 Å². The molecule has 1 N–H and O–H groups in total. The average Bonchev–Trinajstić information content (AvgIpc) is 3.08. The summed E-state index contributed by atoms with van der Waals surface area (Å²) >= 11 is 0. The van der Waals surface area contributed by atoms with Gasteiger partial charge in [0.25, 0.3) is 5.91 Å². The molecule has 2 fully saturated rings. The van der Waals surface area contributed by atoms with Crippen LogP contribution in [-0.4, -0.2) is 40.8 Å². The van der Waals surface area contributed by atoms with E-state index in [2.05, 4.69) is 10.3 Å². The number of likely N-dealkylation sites (tertiary alicyclic amines) is 1. The van der Waals surface area contributed by atoms with Crippen LogP contribution in [0.2, 0.25) is 0 Å². The standard InChI is InChI=1S/C19H27N3O2/c1-14(23)22-8-4-5-15(13-22)9-16-10-17(12-20-11-16)19(24)21-18-6-2-3-7-18/h10-12,15,18H,2-9,13H2,1H3,(H,21,24). The summed E-state index contributed by atoms with van der Waals surface area (Å²) < 4.78 is 0. The Balaban J connectivity index is 1.60. The SMILES string of the molecule is CC(=O)N1CCCC(Cc2cncc(C(=O)NC3CCCC3)c2)C1. The van der Waals surface area contributed by atoms with E-state index in [-0.39, 0.29) is 11.8 Å². The fourth-order valence-corrected chi connectivity index (χ4v) is 3.91. The maximum atomic E-state index is 12.4. The van der Waals surface area contributed by atoms with Crippen molar-refractivity contribution in [2.45, 2.75) is 57.9 Å². The number of rotatable bonds is 4. The topological polar surface area (TPSA) is 62.3 Å². The number of hydrogen-bond donors (Lipinski definition) is 1. The van der Waals surface area contributed by atoms with Crippen LogP contribution < -0.4 is 5.32 Å². The van der Waals surface area contributed by atoms with Crippen molar-refractivity contribution < 1.29 is 9.59 Å². The van der Waals surface area contributed by atoms with Gasteiger partial charge in [-0.2, -0.15) is 0 Å². The number of nitrogens with one attached hydrogen (secondary N) is 1. The molecule has 1 saturated heterocycles. The van der Waals surface area contributed by atoms with E-state index in [1.807, 2.05) is 17.2 Å². The Hall–Kier alpha value is -1.91. The Morgan fingerprint density at radius 2 is 2.00 bits per heavy atom. The van der Waals surface area contributed by atoms with Crippen molar-refractivity contribution in [1.82, 2.24) is 15.2 Å². The lowest BCUT2D eigenvalue weighted by atomic mass is 9.91. The van der Waals surface area contributed by atoms with Gasteiger partial charge in [-0.15, -0.1) is 0 Å². The molecule has 1 aromatic heterocycles. The number of carbonyl (C=O) groups is 2. The fraction of sp³-hybridized carbons (Fsp3) is 0.632. The van der Waals surface area contributed by atoms with E-state index in [4.69, 9.17) is 0 Å². The highest BCUT2D eigenvalue weighted by Gasteiger charge is 2.22. The quantitative estimate of drug-likeness (QED) is 0.923. The molecule has 1 aliphatic heterocycles. The van der Waals surface area contributed by atoms with Crippen molar-refractivity contribution in [3.63, 3.8) is 0 Å². The largest absolute Gasteiger partial charge is 0.349 e. The first-order chi connectivity index (χ1) is 11.6. The van der Waals surface area contributed by atoms with E-state index in [1.54, 1.807) is 13.1 Å². The summed E-state index contributed by atoms with van der Waals surface area (Å²) in [6, 6.07) is 2.29. The maximum Gasteiger partial charge on any atom is 0.253 e. The zero-order valence-corrected chi connectivity index (χ0v) is 14.5. The van der Waals surface area contributed by atoms with Gasteiger partial charge in [0.2, 0.25) is 5.91 Å². The van der Waals surface area contributed by atoms with Gasteiger partial charge < -0.3 is 10.2 Å². The van der Waals surface area contributed by atoms with Crippen molar-refractivity contribution >= 4 is 11.8 Å². The van der Waals surface area contributed by atoms with E-state index in [0.29, 0.717) is 17.5 Å². The van der Waals surface area contributed by atoms with Gasteiger partial charge in [0, 0.05) is 38.4 Å². The normalized spacial score (nSPS) is 21.7. The molecule has 1 aromatic rings. The number of carbonyl (C=O) groups excluding carboxylic acids is 2. The summed E-state index contributed by atoms with van der Waals surface area (Å²) in [5.41, 5.74) is 1.74. The Kier molecular flexibility index (Phi) is 5.48. The van der Waals surface area contributed by atoms with E-state index in [1.165, 1.54) is 12.8 Å². The van der Waals surface area contributed by atoms with Crippen molar-refractivity contribution in [1.29, 1.82) is 0 Å². The molecule has 3 rings (SSSR count). The van der Waals surface area contributed by atoms with Gasteiger partial charge in [0.05, 0.1) is 5.56 Å². The number of piperidine rings is 1. The molecule has 0 aromatic carbocycles. The number of amides is 2. The maximum absolute atomic E-state index is 12.4. The summed E-state index contributed by atoms with van der Waals surface area (Å²) in [6.45, 7) is 3.32. The molecule has 5 nitrogen and oxygen atoms in total. The Labute approximate surface area is 143 Å². The Bertz CT molecular complexity index is 596. The highest BCUT2D eigenvalue weighted by atomic mass is 16.2. The third-order valence-corrected chi connectivity index (χ3v) is 5.24. The van der Waals surface area contributed by atoms with Crippen LogP contribution in [0.3, 0.4) is 0 Å². The van der Waals surface area contributed by atoms with Crippen LogP contribution >= 0.6 is 0 Å². The van der Waals surface area contributed by atoms with Gasteiger partial charge in [0.1, 0.15) is 0 Å². The summed E-state index contributed by atoms with van der Waals surface area (Å²) in [5.74, 6) is 0.602. The molecule has 2 amide bonds. The van der Waals surface area contributed by atoms with Crippen LogP contribution in [0.4, 0.5) is 0 Å². The predicted octanol–water partition coefficient (Wildman–Crippen LogP) is 2.56. The second-order valence-corrected chi connectivity index (χ2v) is 7.21. The van der Waals surface area contributed by atoms with E-state index >= 15 is 0 Å². The molecule has 2 aliphatic rings. The summed E-state index contributed by atoms with van der Waals surface area (Å²) in [7, 11) is 0. The smallest absolute Gasteiger partial charge is 0.253 e. The summed E-state index contributed by atoms with van der Waals surface area (Å²) in [5, 5.41) is 3.12. The first-order valence-electron chi connectivity index (χ1n) is 9.12. The number of hydrogen-bond acceptors (Lipinski definition) is 3. The lowest BCUT2D eigenvalue weighted by molar-refractivity contribution is -0.130. The highest BCUT2D eigenvalue weighted by molar-refractivity contribution is 5.94. The molecule has 1 aliphatic carbocycles. The molecule has 24 heavy (non-hydrogen) atoms.